The van der Waals surface area contributed by atoms with E-state index in [0.717, 1.165) is 30.3 Å². The average Bonchev–Trinajstić information content (AvgIpc) is 2.74. The van der Waals surface area contributed by atoms with E-state index >= 15 is 0 Å². The summed E-state index contributed by atoms with van der Waals surface area (Å²) >= 11 is 0. The molecule has 0 amide bonds. The Hall–Kier alpha value is -1.77. The lowest BCUT2D eigenvalue weighted by Crippen LogP contribution is -1.97. The van der Waals surface area contributed by atoms with Crippen molar-refractivity contribution >= 4 is 16.9 Å². The number of carbonyl (C=O) groups is 1. The number of hydrogen-bond acceptors (Lipinski definition) is 1. The summed E-state index contributed by atoms with van der Waals surface area (Å²) < 4.78 is 2.25. The molecule has 1 N–H and O–H groups in total. The maximum atomic E-state index is 11.1. The fraction of sp³-hybridized carbons (Fsp3) is 0.438. The molecule has 0 aliphatic heterocycles. The van der Waals surface area contributed by atoms with E-state index in [0.29, 0.717) is 11.5 Å². The van der Waals surface area contributed by atoms with Gasteiger partial charge in [0.05, 0.1) is 5.56 Å². The van der Waals surface area contributed by atoms with Crippen LogP contribution in [-0.4, -0.2) is 15.6 Å². The molecule has 0 saturated heterocycles. The van der Waals surface area contributed by atoms with Crippen LogP contribution >= 0.6 is 0 Å². The highest BCUT2D eigenvalue weighted by Crippen LogP contribution is 2.28. The van der Waals surface area contributed by atoms with E-state index in [2.05, 4.69) is 31.5 Å². The summed E-state index contributed by atoms with van der Waals surface area (Å²) in [5.41, 5.74) is 2.74. The molecule has 0 spiro atoms. The van der Waals surface area contributed by atoms with Crippen LogP contribution in [0.15, 0.2) is 24.4 Å². The Balaban J connectivity index is 2.57. The lowest BCUT2D eigenvalue weighted by atomic mass is 10.0. The standard InChI is InChI=1S/C16H21NO2/c1-4-5-8-17-10-14(11(2)3)13-9-12(16(18)19)6-7-15(13)17/h6-7,9-11H,4-5,8H2,1-3H3,(H,18,19). The highest BCUT2D eigenvalue weighted by molar-refractivity contribution is 5.95. The number of nitrogens with zero attached hydrogens (tertiary/aromatic N) is 1. The van der Waals surface area contributed by atoms with Crippen molar-refractivity contribution in [3.63, 3.8) is 0 Å². The van der Waals surface area contributed by atoms with Crippen molar-refractivity contribution in [3.05, 3.63) is 35.5 Å². The van der Waals surface area contributed by atoms with Gasteiger partial charge in [-0.15, -0.1) is 0 Å². The van der Waals surface area contributed by atoms with Gasteiger partial charge < -0.3 is 9.67 Å². The first-order chi connectivity index (χ1) is 9.04. The van der Waals surface area contributed by atoms with E-state index in [1.165, 1.54) is 5.56 Å². The summed E-state index contributed by atoms with van der Waals surface area (Å²) in [5.74, 6) is -0.465. The van der Waals surface area contributed by atoms with Crippen LogP contribution in [-0.2, 0) is 6.54 Å². The zero-order chi connectivity index (χ0) is 14.0. The molecule has 0 bridgehead atoms. The molecular weight excluding hydrogens is 238 g/mol. The molecule has 0 saturated carbocycles. The molecule has 0 atom stereocenters. The first-order valence-electron chi connectivity index (χ1n) is 6.90. The molecule has 1 heterocycles. The maximum Gasteiger partial charge on any atom is 0.335 e. The van der Waals surface area contributed by atoms with E-state index < -0.39 is 5.97 Å². The van der Waals surface area contributed by atoms with Crippen LogP contribution in [0.4, 0.5) is 0 Å². The zero-order valence-electron chi connectivity index (χ0n) is 11.8. The van der Waals surface area contributed by atoms with Crippen molar-refractivity contribution in [1.82, 2.24) is 4.57 Å². The van der Waals surface area contributed by atoms with Gasteiger partial charge in [0.1, 0.15) is 0 Å². The predicted molar refractivity (Wildman–Crippen MR) is 77.9 cm³/mol. The number of unbranched alkanes of at least 4 members (excludes halogenated alkanes) is 1. The molecule has 0 radical (unpaired) electrons. The molecule has 102 valence electrons. The number of aryl methyl sites for hydroxylation is 1. The van der Waals surface area contributed by atoms with Gasteiger partial charge in [0, 0.05) is 23.6 Å². The van der Waals surface area contributed by atoms with Gasteiger partial charge in [-0.1, -0.05) is 27.2 Å². The minimum absolute atomic E-state index is 0.364. The van der Waals surface area contributed by atoms with E-state index in [1.807, 2.05) is 6.07 Å². The Morgan fingerprint density at radius 3 is 2.68 bits per heavy atom. The van der Waals surface area contributed by atoms with Crippen LogP contribution < -0.4 is 0 Å². The Labute approximate surface area is 113 Å². The Bertz CT molecular complexity index is 596. The number of aromatic carboxylic acids is 1. The third-order valence-electron chi connectivity index (χ3n) is 3.53. The van der Waals surface area contributed by atoms with Crippen molar-refractivity contribution in [2.24, 2.45) is 0 Å². The number of carboxylic acids is 1. The molecule has 3 heteroatoms. The number of carboxylic acid groups (broad SMARTS) is 1. The summed E-state index contributed by atoms with van der Waals surface area (Å²) in [7, 11) is 0. The van der Waals surface area contributed by atoms with Crippen molar-refractivity contribution in [3.8, 4) is 0 Å². The van der Waals surface area contributed by atoms with E-state index in [-0.39, 0.29) is 0 Å². The van der Waals surface area contributed by atoms with Gasteiger partial charge >= 0.3 is 5.97 Å². The van der Waals surface area contributed by atoms with E-state index in [1.54, 1.807) is 12.1 Å². The van der Waals surface area contributed by atoms with Crippen molar-refractivity contribution in [2.75, 3.05) is 0 Å². The fourth-order valence-electron chi connectivity index (χ4n) is 2.43. The van der Waals surface area contributed by atoms with Gasteiger partial charge in [-0.3, -0.25) is 0 Å². The summed E-state index contributed by atoms with van der Waals surface area (Å²) in [5, 5.41) is 10.2. The van der Waals surface area contributed by atoms with Crippen LogP contribution in [0.3, 0.4) is 0 Å². The minimum atomic E-state index is -0.863. The quantitative estimate of drug-likeness (QED) is 0.871. The lowest BCUT2D eigenvalue weighted by molar-refractivity contribution is 0.0697. The second kappa shape index (κ2) is 5.47. The molecule has 2 aromatic rings. The van der Waals surface area contributed by atoms with Crippen molar-refractivity contribution in [1.29, 1.82) is 0 Å². The molecule has 0 aliphatic rings. The summed E-state index contributed by atoms with van der Waals surface area (Å²) in [6.45, 7) is 7.46. The second-order valence-corrected chi connectivity index (χ2v) is 5.32. The van der Waals surface area contributed by atoms with Crippen molar-refractivity contribution in [2.45, 2.75) is 46.1 Å². The van der Waals surface area contributed by atoms with Gasteiger partial charge in [-0.25, -0.2) is 4.79 Å². The lowest BCUT2D eigenvalue weighted by Gasteiger charge is -2.04. The van der Waals surface area contributed by atoms with Crippen LogP contribution in [0.5, 0.6) is 0 Å². The van der Waals surface area contributed by atoms with Crippen LogP contribution in [0, 0.1) is 0 Å². The SMILES string of the molecule is CCCCn1cc(C(C)C)c2cc(C(=O)O)ccc21. The van der Waals surface area contributed by atoms with Crippen LogP contribution in [0.25, 0.3) is 10.9 Å². The largest absolute Gasteiger partial charge is 0.478 e. The molecule has 0 aliphatic carbocycles. The topological polar surface area (TPSA) is 42.2 Å². The first kappa shape index (κ1) is 13.7. The summed E-state index contributed by atoms with van der Waals surface area (Å²) in [4.78, 5) is 11.1. The number of benzene rings is 1. The average molecular weight is 259 g/mol. The summed E-state index contributed by atoms with van der Waals surface area (Å²) in [6, 6.07) is 5.42. The zero-order valence-corrected chi connectivity index (χ0v) is 11.8. The van der Waals surface area contributed by atoms with Gasteiger partial charge in [0.25, 0.3) is 0 Å². The highest BCUT2D eigenvalue weighted by atomic mass is 16.4. The Kier molecular flexibility index (Phi) is 3.93. The number of hydrogen-bond donors (Lipinski definition) is 1. The predicted octanol–water partition coefficient (Wildman–Crippen LogP) is 4.26. The maximum absolute atomic E-state index is 11.1. The molecule has 0 fully saturated rings. The van der Waals surface area contributed by atoms with Crippen molar-refractivity contribution < 1.29 is 9.90 Å². The third-order valence-corrected chi connectivity index (χ3v) is 3.53. The highest BCUT2D eigenvalue weighted by Gasteiger charge is 2.13. The molecule has 1 aromatic carbocycles. The fourth-order valence-corrected chi connectivity index (χ4v) is 2.43. The molecule has 0 unspecified atom stereocenters. The number of rotatable bonds is 5. The van der Waals surface area contributed by atoms with Gasteiger partial charge in [0.15, 0.2) is 0 Å². The number of fused-ring (bicyclic) bond motifs is 1. The van der Waals surface area contributed by atoms with E-state index in [4.69, 9.17) is 5.11 Å². The van der Waals surface area contributed by atoms with Gasteiger partial charge in [-0.2, -0.15) is 0 Å². The monoisotopic (exact) mass is 259 g/mol. The van der Waals surface area contributed by atoms with Crippen LogP contribution in [0.1, 0.15) is 55.5 Å². The molecule has 3 nitrogen and oxygen atoms in total. The number of aromatic nitrogens is 1. The smallest absolute Gasteiger partial charge is 0.335 e. The van der Waals surface area contributed by atoms with Crippen LogP contribution in [0.2, 0.25) is 0 Å². The third kappa shape index (κ3) is 2.65. The second-order valence-electron chi connectivity index (χ2n) is 5.32. The van der Waals surface area contributed by atoms with Gasteiger partial charge in [-0.05, 0) is 36.1 Å². The van der Waals surface area contributed by atoms with Gasteiger partial charge in [0.2, 0.25) is 0 Å². The molecule has 2 rings (SSSR count). The minimum Gasteiger partial charge on any atom is -0.478 e. The summed E-state index contributed by atoms with van der Waals surface area (Å²) in [6.07, 6.45) is 4.47. The Morgan fingerprint density at radius 1 is 1.37 bits per heavy atom. The van der Waals surface area contributed by atoms with E-state index in [9.17, 15) is 4.79 Å². The normalized spacial score (nSPS) is 11.4. The molecule has 1 aromatic heterocycles. The Morgan fingerprint density at radius 2 is 2.11 bits per heavy atom. The molecular formula is C16H21NO2. The first-order valence-corrected chi connectivity index (χ1v) is 6.90. The molecule has 19 heavy (non-hydrogen) atoms.